The second-order valence-electron chi connectivity index (χ2n) is 2.44. The van der Waals surface area contributed by atoms with E-state index in [0.717, 1.165) is 6.08 Å². The van der Waals surface area contributed by atoms with Crippen molar-refractivity contribution < 1.29 is 19.8 Å². The van der Waals surface area contributed by atoms with Crippen molar-refractivity contribution in [3.63, 3.8) is 0 Å². The van der Waals surface area contributed by atoms with Crippen LogP contribution in [0.4, 0.5) is 0 Å². The van der Waals surface area contributed by atoms with Crippen LogP contribution in [0.3, 0.4) is 0 Å². The van der Waals surface area contributed by atoms with Crippen LogP contribution in [0.25, 0.3) is 6.08 Å². The highest BCUT2D eigenvalue weighted by atomic mass is 16.4. The monoisotopic (exact) mass is 193 g/mol. The summed E-state index contributed by atoms with van der Waals surface area (Å²) in [5.41, 5.74) is 0.292. The highest BCUT2D eigenvalue weighted by Gasteiger charge is 2.06. The van der Waals surface area contributed by atoms with Crippen molar-refractivity contribution in [2.45, 2.75) is 0 Å². The summed E-state index contributed by atoms with van der Waals surface area (Å²) in [6.45, 7) is 0. The van der Waals surface area contributed by atoms with E-state index in [0.29, 0.717) is 5.56 Å². The van der Waals surface area contributed by atoms with Gasteiger partial charge in [-0.2, -0.15) is 0 Å². The first-order chi connectivity index (χ1) is 6.61. The molecule has 72 valence electrons. The van der Waals surface area contributed by atoms with Crippen molar-refractivity contribution in [2.24, 2.45) is 0 Å². The molecule has 0 atom stereocenters. The van der Waals surface area contributed by atoms with Crippen LogP contribution in [0.1, 0.15) is 15.9 Å². The topological polar surface area (TPSA) is 87.5 Å². The molecule has 0 saturated carbocycles. The fourth-order valence-corrected chi connectivity index (χ4v) is 0.890. The molecule has 0 radical (unpaired) electrons. The number of hydrogen-bond donors (Lipinski definition) is 2. The lowest BCUT2D eigenvalue weighted by atomic mass is 10.1. The standard InChI is InChI=1S/C9H7NO4/c11-8(12)2-1-6-3-4-10-5-7(6)9(13)14/h1-5H,(H,11,12)(H,13,14). The van der Waals surface area contributed by atoms with Gasteiger partial charge in [0.1, 0.15) is 0 Å². The van der Waals surface area contributed by atoms with Gasteiger partial charge in [0.15, 0.2) is 0 Å². The van der Waals surface area contributed by atoms with Gasteiger partial charge in [-0.15, -0.1) is 0 Å². The summed E-state index contributed by atoms with van der Waals surface area (Å²) in [5.74, 6) is -2.26. The summed E-state index contributed by atoms with van der Waals surface area (Å²) in [4.78, 5) is 24.5. The Labute approximate surface area is 79.3 Å². The molecule has 2 N–H and O–H groups in total. The maximum Gasteiger partial charge on any atom is 0.337 e. The molecule has 0 aromatic carbocycles. The predicted octanol–water partition coefficient (Wildman–Crippen LogP) is 0.878. The smallest absolute Gasteiger partial charge is 0.337 e. The van der Waals surface area contributed by atoms with Gasteiger partial charge in [0.05, 0.1) is 5.56 Å². The third-order valence-corrected chi connectivity index (χ3v) is 1.49. The number of nitrogens with zero attached hydrogens (tertiary/aromatic N) is 1. The Hall–Kier alpha value is -2.17. The number of carboxylic acid groups (broad SMARTS) is 2. The molecule has 0 saturated heterocycles. The largest absolute Gasteiger partial charge is 0.478 e. The highest BCUT2D eigenvalue weighted by molar-refractivity contribution is 5.94. The molecule has 0 spiro atoms. The van der Waals surface area contributed by atoms with Gasteiger partial charge >= 0.3 is 11.9 Å². The van der Waals surface area contributed by atoms with Crippen LogP contribution in [0, 0.1) is 0 Å². The lowest BCUT2D eigenvalue weighted by Crippen LogP contribution is -2.00. The van der Waals surface area contributed by atoms with E-state index < -0.39 is 11.9 Å². The Morgan fingerprint density at radius 3 is 2.64 bits per heavy atom. The maximum absolute atomic E-state index is 10.6. The second kappa shape index (κ2) is 4.18. The summed E-state index contributed by atoms with van der Waals surface area (Å²) in [5, 5.41) is 17.1. The van der Waals surface area contributed by atoms with Gasteiger partial charge in [0.2, 0.25) is 0 Å². The molecule has 1 aromatic rings. The molecule has 1 aromatic heterocycles. The third-order valence-electron chi connectivity index (χ3n) is 1.49. The van der Waals surface area contributed by atoms with E-state index in [1.807, 2.05) is 0 Å². The normalized spacial score (nSPS) is 10.3. The number of hydrogen-bond acceptors (Lipinski definition) is 3. The number of carboxylic acids is 2. The average Bonchev–Trinajstić information content (AvgIpc) is 2.15. The fraction of sp³-hybridized carbons (Fsp3) is 0. The molecule has 14 heavy (non-hydrogen) atoms. The molecule has 1 heterocycles. The van der Waals surface area contributed by atoms with Crippen LogP contribution in [0.2, 0.25) is 0 Å². The summed E-state index contributed by atoms with van der Waals surface area (Å²) < 4.78 is 0. The number of pyridine rings is 1. The molecule has 0 aliphatic rings. The van der Waals surface area contributed by atoms with Gasteiger partial charge in [-0.25, -0.2) is 9.59 Å². The molecule has 0 bridgehead atoms. The van der Waals surface area contributed by atoms with E-state index in [2.05, 4.69) is 4.98 Å². The molecule has 0 aliphatic carbocycles. The number of aliphatic carboxylic acids is 1. The van der Waals surface area contributed by atoms with Crippen molar-refractivity contribution in [3.8, 4) is 0 Å². The second-order valence-corrected chi connectivity index (χ2v) is 2.44. The summed E-state index contributed by atoms with van der Waals surface area (Å²) in [6.07, 6.45) is 4.66. The lowest BCUT2D eigenvalue weighted by molar-refractivity contribution is -0.131. The van der Waals surface area contributed by atoms with Gasteiger partial charge in [0.25, 0.3) is 0 Å². The average molecular weight is 193 g/mol. The first-order valence-electron chi connectivity index (χ1n) is 3.69. The van der Waals surface area contributed by atoms with Crippen LogP contribution in [0.5, 0.6) is 0 Å². The summed E-state index contributed by atoms with van der Waals surface area (Å²) in [7, 11) is 0. The lowest BCUT2D eigenvalue weighted by Gasteiger charge is -1.97. The quantitative estimate of drug-likeness (QED) is 0.695. The van der Waals surface area contributed by atoms with E-state index in [1.54, 1.807) is 0 Å². The van der Waals surface area contributed by atoms with E-state index in [9.17, 15) is 9.59 Å². The van der Waals surface area contributed by atoms with Gasteiger partial charge in [-0.3, -0.25) is 4.98 Å². The maximum atomic E-state index is 10.6. The van der Waals surface area contributed by atoms with Crippen molar-refractivity contribution in [3.05, 3.63) is 35.7 Å². The van der Waals surface area contributed by atoms with E-state index >= 15 is 0 Å². The highest BCUT2D eigenvalue weighted by Crippen LogP contribution is 2.08. The first kappa shape index (κ1) is 9.91. The number of aromatic carboxylic acids is 1. The molecule has 0 fully saturated rings. The molecule has 0 unspecified atom stereocenters. The Bertz CT molecular complexity index is 398. The summed E-state index contributed by atoms with van der Waals surface area (Å²) in [6, 6.07) is 1.43. The van der Waals surface area contributed by atoms with Crippen molar-refractivity contribution in [1.82, 2.24) is 4.98 Å². The Kier molecular flexibility index (Phi) is 2.96. The fourth-order valence-electron chi connectivity index (χ4n) is 0.890. The van der Waals surface area contributed by atoms with Gasteiger partial charge in [-0.1, -0.05) is 0 Å². The van der Waals surface area contributed by atoms with Crippen LogP contribution < -0.4 is 0 Å². The van der Waals surface area contributed by atoms with Crippen LogP contribution in [0.15, 0.2) is 24.5 Å². The molecule has 0 aliphatic heterocycles. The molecule has 5 heteroatoms. The van der Waals surface area contributed by atoms with Crippen molar-refractivity contribution >= 4 is 18.0 Å². The van der Waals surface area contributed by atoms with Crippen LogP contribution in [-0.2, 0) is 4.79 Å². The van der Waals surface area contributed by atoms with Crippen LogP contribution in [-0.4, -0.2) is 27.1 Å². The van der Waals surface area contributed by atoms with E-state index in [-0.39, 0.29) is 5.56 Å². The molecule has 0 amide bonds. The first-order valence-corrected chi connectivity index (χ1v) is 3.69. The predicted molar refractivity (Wildman–Crippen MR) is 47.9 cm³/mol. The van der Waals surface area contributed by atoms with Crippen LogP contribution >= 0.6 is 0 Å². The minimum absolute atomic E-state index is 0.0231. The zero-order valence-corrected chi connectivity index (χ0v) is 7.04. The van der Waals surface area contributed by atoms with Gasteiger partial charge in [-0.05, 0) is 17.7 Å². The molecule has 5 nitrogen and oxygen atoms in total. The Morgan fingerprint density at radius 1 is 1.36 bits per heavy atom. The number of aromatic nitrogens is 1. The van der Waals surface area contributed by atoms with Crippen molar-refractivity contribution in [2.75, 3.05) is 0 Å². The van der Waals surface area contributed by atoms with E-state index in [1.165, 1.54) is 24.5 Å². The Morgan fingerprint density at radius 2 is 2.07 bits per heavy atom. The number of rotatable bonds is 3. The minimum atomic E-state index is -1.14. The molecular formula is C9H7NO4. The van der Waals surface area contributed by atoms with E-state index in [4.69, 9.17) is 10.2 Å². The zero-order valence-electron chi connectivity index (χ0n) is 7.04. The van der Waals surface area contributed by atoms with Gasteiger partial charge < -0.3 is 10.2 Å². The zero-order chi connectivity index (χ0) is 10.6. The molecule has 1 rings (SSSR count). The van der Waals surface area contributed by atoms with Gasteiger partial charge in [0, 0.05) is 18.5 Å². The minimum Gasteiger partial charge on any atom is -0.478 e. The SMILES string of the molecule is O=C(O)C=Cc1ccncc1C(=O)O. The number of carbonyl (C=O) groups is 2. The Balaban J connectivity index is 3.07. The third kappa shape index (κ3) is 2.41. The van der Waals surface area contributed by atoms with Crippen molar-refractivity contribution in [1.29, 1.82) is 0 Å². The summed E-state index contributed by atoms with van der Waals surface area (Å²) >= 11 is 0. The molecular weight excluding hydrogens is 186 g/mol.